The molecule has 0 nitrogen and oxygen atoms in total. The van der Waals surface area contributed by atoms with Crippen LogP contribution < -0.4 is 0 Å². The van der Waals surface area contributed by atoms with Crippen molar-refractivity contribution in [2.75, 3.05) is 0 Å². The van der Waals surface area contributed by atoms with Crippen LogP contribution in [0.3, 0.4) is 0 Å². The Morgan fingerprint density at radius 3 is 1.00 bits per heavy atom. The second-order valence-electron chi connectivity index (χ2n) is 0. The van der Waals surface area contributed by atoms with Gasteiger partial charge in [-0.3, -0.25) is 0 Å². The molecule has 0 saturated heterocycles. The van der Waals surface area contributed by atoms with E-state index >= 15 is 0 Å². The third kappa shape index (κ3) is 19.0. The summed E-state index contributed by atoms with van der Waals surface area (Å²) in [7, 11) is 0. The van der Waals surface area contributed by atoms with Crippen LogP contribution >= 0.6 is 0 Å². The van der Waals surface area contributed by atoms with Crippen LogP contribution in [0.4, 0.5) is 0 Å². The standard InChI is InChI=1S/Al.2Au.Ni.Ti.3H. The topological polar surface area (TPSA) is 0 Å². The van der Waals surface area contributed by atoms with Crippen molar-refractivity contribution in [2.45, 2.75) is 0 Å². The Labute approximate surface area is 89.1 Å². The Hall–Kier alpha value is 3.22. The molecule has 0 aliphatic heterocycles. The summed E-state index contributed by atoms with van der Waals surface area (Å²) in [5.74, 6) is 0. The van der Waals surface area contributed by atoms with Gasteiger partial charge in [0, 0.05) is 38.2 Å². The fourth-order valence-electron chi connectivity index (χ4n) is 0. The molecular formula is H3AlAu2NiTi. The summed E-state index contributed by atoms with van der Waals surface area (Å²) in [6.07, 6.45) is 0. The van der Waals surface area contributed by atoms with Crippen LogP contribution in [-0.4, -0.2) is 17.4 Å². The van der Waals surface area contributed by atoms with E-state index in [1.165, 1.54) is 0 Å². The van der Waals surface area contributed by atoms with Gasteiger partial charge >= 0.3 is 35.3 Å². The Kier molecular flexibility index (Phi) is 130. The zero-order valence-corrected chi connectivity index (χ0v) is 8.30. The number of hydrogen-bond donors (Lipinski definition) is 0. The second-order valence-corrected chi connectivity index (χ2v) is 0. The second kappa shape index (κ2) is 26.9. The molecule has 0 aliphatic carbocycles. The molecule has 0 atom stereocenters. The van der Waals surface area contributed by atoms with E-state index in [9.17, 15) is 0 Å². The van der Waals surface area contributed by atoms with Gasteiger partial charge in [0.05, 0.1) is 0 Å². The minimum absolute atomic E-state index is 0. The zero-order valence-electron chi connectivity index (χ0n) is 1.42. The average Bonchev–Trinajstić information content (AvgIpc) is 1.00. The minimum Gasteiger partial charge on any atom is 0 e. The number of hydrogen-bond acceptors (Lipinski definition) is 0. The Bertz CT molecular complexity index is 9.61. The fourth-order valence-corrected chi connectivity index (χ4v) is 0. The molecular weight excluding hydrogens is 527 g/mol. The van der Waals surface area contributed by atoms with Gasteiger partial charge in [-0.25, -0.2) is 0 Å². The molecule has 0 aromatic rings. The Morgan fingerprint density at radius 2 is 1.00 bits per heavy atom. The SMILES string of the molecule is [AlH3].[Au][Au].[Ni].[Ti]. The first kappa shape index (κ1) is 24.1. The van der Waals surface area contributed by atoms with Crippen molar-refractivity contribution >= 4 is 17.4 Å². The molecule has 0 N–H and O–H groups in total. The molecule has 0 spiro atoms. The van der Waals surface area contributed by atoms with E-state index in [1.54, 1.807) is 0 Å². The fraction of sp³-hybridized carbons (Fsp3) is 0. The van der Waals surface area contributed by atoms with Crippen molar-refractivity contribution in [3.8, 4) is 0 Å². The van der Waals surface area contributed by atoms with E-state index in [1.807, 2.05) is 0 Å². The van der Waals surface area contributed by atoms with Crippen molar-refractivity contribution in [1.29, 1.82) is 0 Å². The van der Waals surface area contributed by atoms with Gasteiger partial charge < -0.3 is 0 Å². The molecule has 0 aliphatic rings. The van der Waals surface area contributed by atoms with E-state index < -0.39 is 0 Å². The summed E-state index contributed by atoms with van der Waals surface area (Å²) in [6, 6.07) is 0. The maximum atomic E-state index is 2.22. The van der Waals surface area contributed by atoms with Crippen molar-refractivity contribution in [2.24, 2.45) is 0 Å². The third-order valence-corrected chi connectivity index (χ3v) is 0. The molecule has 0 amide bonds. The maximum absolute atomic E-state index is 2.22. The summed E-state index contributed by atoms with van der Waals surface area (Å²) in [5.41, 5.74) is 0. The third-order valence-electron chi connectivity index (χ3n) is 0. The van der Waals surface area contributed by atoms with Crippen LogP contribution in [0.2, 0.25) is 0 Å². The zero-order chi connectivity index (χ0) is 2.00. The number of rotatable bonds is 0. The molecule has 5 heavy (non-hydrogen) atoms. The summed E-state index contributed by atoms with van der Waals surface area (Å²) in [4.78, 5) is 0. The predicted octanol–water partition coefficient (Wildman–Crippen LogP) is -1.19. The molecule has 5 heteroatoms. The van der Waals surface area contributed by atoms with E-state index in [-0.39, 0.29) is 55.6 Å². The first-order valence-electron chi connectivity index (χ1n) is 0.0909. The Morgan fingerprint density at radius 1 is 1.00 bits per heavy atom. The van der Waals surface area contributed by atoms with Gasteiger partial charge in [-0.1, -0.05) is 0 Å². The molecule has 42 valence electrons. The van der Waals surface area contributed by atoms with Crippen molar-refractivity contribution in [3.05, 3.63) is 0 Å². The largest absolute Gasteiger partial charge is 0 e. The molecule has 0 heterocycles. The van der Waals surface area contributed by atoms with Crippen LogP contribution in [0.1, 0.15) is 0 Å². The Balaban J connectivity index is -0.00000000167. The van der Waals surface area contributed by atoms with Crippen LogP contribution in [-0.2, 0) is 73.5 Å². The quantitative estimate of drug-likeness (QED) is 0.346. The smallest absolute Gasteiger partial charge is 0 e. The minimum atomic E-state index is 0. The van der Waals surface area contributed by atoms with Gasteiger partial charge in [-0.15, -0.1) is 0 Å². The monoisotopic (exact) mass is 530 g/mol. The van der Waals surface area contributed by atoms with Gasteiger partial charge in [0.15, 0.2) is 17.4 Å². The predicted molar refractivity (Wildman–Crippen MR) is 9.94 cm³/mol. The average molecular weight is 530 g/mol. The molecule has 0 fully saturated rings. The first-order chi connectivity index (χ1) is 1.00. The molecule has 0 bridgehead atoms. The summed E-state index contributed by atoms with van der Waals surface area (Å²) in [5, 5.41) is 0. The van der Waals surface area contributed by atoms with Crippen molar-refractivity contribution in [1.82, 2.24) is 0 Å². The van der Waals surface area contributed by atoms with E-state index in [0.29, 0.717) is 0 Å². The van der Waals surface area contributed by atoms with Gasteiger partial charge in [-0.05, 0) is 0 Å². The van der Waals surface area contributed by atoms with Crippen LogP contribution in [0.25, 0.3) is 0 Å². The van der Waals surface area contributed by atoms with Crippen LogP contribution in [0.15, 0.2) is 0 Å². The maximum Gasteiger partial charge on any atom is 0 e. The molecule has 0 aromatic carbocycles. The summed E-state index contributed by atoms with van der Waals surface area (Å²) in [6.45, 7) is 0. The van der Waals surface area contributed by atoms with E-state index in [2.05, 4.69) is 35.3 Å². The molecule has 0 radical (unpaired) electrons. The van der Waals surface area contributed by atoms with Crippen LogP contribution in [0, 0.1) is 0 Å². The van der Waals surface area contributed by atoms with Crippen molar-refractivity contribution in [3.63, 3.8) is 0 Å². The van der Waals surface area contributed by atoms with Crippen LogP contribution in [0.5, 0.6) is 0 Å². The van der Waals surface area contributed by atoms with Gasteiger partial charge in [0.25, 0.3) is 0 Å². The van der Waals surface area contributed by atoms with E-state index in [4.69, 9.17) is 0 Å². The summed E-state index contributed by atoms with van der Waals surface area (Å²) >= 11 is 4.44. The normalized spacial score (nSPS) is 1.60. The van der Waals surface area contributed by atoms with Gasteiger partial charge in [-0.2, -0.15) is 0 Å². The molecule has 0 rings (SSSR count). The molecule has 0 aromatic heterocycles. The van der Waals surface area contributed by atoms with Gasteiger partial charge in [0.1, 0.15) is 0 Å². The van der Waals surface area contributed by atoms with Crippen molar-refractivity contribution < 1.29 is 73.5 Å². The molecule has 0 saturated carbocycles. The summed E-state index contributed by atoms with van der Waals surface area (Å²) < 4.78 is 0. The van der Waals surface area contributed by atoms with Gasteiger partial charge in [0.2, 0.25) is 0 Å². The van der Waals surface area contributed by atoms with E-state index in [0.717, 1.165) is 0 Å². The molecule has 0 unspecified atom stereocenters. The first-order valence-corrected chi connectivity index (χ1v) is 6.09.